The number of hydrogen-bond acceptors (Lipinski definition) is 11. The number of nitro groups is 1. The molecule has 1 aliphatic heterocycles. The van der Waals surface area contributed by atoms with Crippen molar-refractivity contribution in [2.75, 3.05) is 33.5 Å². The van der Waals surface area contributed by atoms with Gasteiger partial charge in [0.15, 0.2) is 0 Å². The van der Waals surface area contributed by atoms with E-state index in [1.807, 2.05) is 24.3 Å². The fourth-order valence-electron chi connectivity index (χ4n) is 10.6. The Bertz CT molecular complexity index is 2190. The van der Waals surface area contributed by atoms with Gasteiger partial charge in [0.05, 0.1) is 29.8 Å². The van der Waals surface area contributed by atoms with Gasteiger partial charge in [-0.05, 0) is 123 Å². The summed E-state index contributed by atoms with van der Waals surface area (Å²) in [7, 11) is 1.74. The molecule has 0 radical (unpaired) electrons. The van der Waals surface area contributed by atoms with Crippen LogP contribution in [0.5, 0.6) is 17.2 Å². The summed E-state index contributed by atoms with van der Waals surface area (Å²) in [6.07, 6.45) is 19.9. The minimum absolute atomic E-state index is 0.0153. The number of benzene rings is 3. The Balaban J connectivity index is 1.40. The second-order valence-corrected chi connectivity index (χ2v) is 19.2. The Morgan fingerprint density at radius 2 is 1.55 bits per heavy atom. The van der Waals surface area contributed by atoms with Gasteiger partial charge in [-0.2, -0.15) is 0 Å². The van der Waals surface area contributed by atoms with Gasteiger partial charge in [-0.3, -0.25) is 10.1 Å². The van der Waals surface area contributed by atoms with Crippen LogP contribution in [0.15, 0.2) is 90.1 Å². The standard InChI is InChI=1S/C56H77N3O10/c1-6-8-9-10-11-12-13-14-15-20-34-65-55(62)58(5)52-38-50(57-67-39-42-24-26-44(27-25-42)59(63)64)48-36-43(21-16-18-31-60)47(22-17-19-32-61)53-49-37-46(68-45-28-23-40(3)41(4)35-45)29-30-51(49)69-56(52,54(48)53)66-33-7-2/h7,23-30,35-37,43,47,52-54,60-61H,2,6,8-22,31-34,38-39H2,1,3-5H3. The smallest absolute Gasteiger partial charge is 0.409 e. The average Bonchev–Trinajstić information content (AvgIpc) is 3.35. The minimum atomic E-state index is -1.43. The average molecular weight is 952 g/mol. The van der Waals surface area contributed by atoms with Crippen molar-refractivity contribution in [3.63, 3.8) is 0 Å². The first-order valence-corrected chi connectivity index (χ1v) is 25.6. The lowest BCUT2D eigenvalue weighted by molar-refractivity contribution is -0.384. The maximum Gasteiger partial charge on any atom is 0.409 e. The number of rotatable bonds is 29. The Kier molecular flexibility index (Phi) is 20.5. The molecule has 0 saturated heterocycles. The summed E-state index contributed by atoms with van der Waals surface area (Å²) >= 11 is 0. The second kappa shape index (κ2) is 26.7. The zero-order valence-corrected chi connectivity index (χ0v) is 41.6. The van der Waals surface area contributed by atoms with Crippen molar-refractivity contribution in [1.29, 1.82) is 0 Å². The summed E-state index contributed by atoms with van der Waals surface area (Å²) in [6, 6.07) is 17.5. The number of aliphatic hydroxyl groups is 2. The molecule has 0 bridgehead atoms. The summed E-state index contributed by atoms with van der Waals surface area (Å²) in [6.45, 7) is 11.1. The summed E-state index contributed by atoms with van der Waals surface area (Å²) in [4.78, 5) is 33.1. The van der Waals surface area contributed by atoms with E-state index in [1.54, 1.807) is 30.2 Å². The van der Waals surface area contributed by atoms with E-state index in [-0.39, 0.29) is 56.3 Å². The predicted octanol–water partition coefficient (Wildman–Crippen LogP) is 12.8. The molecule has 1 fully saturated rings. The SMILES string of the molecule is C=CCOC12Oc3ccc(Oc4ccc(C)c(C)c4)cc3C3C(CCCCO)C(CCCCO)C=C(C(=NOCc4ccc([N+](=O)[O-])cc4)CC1N(C)C(=O)OCCCCCCCCCCCC)C32. The van der Waals surface area contributed by atoms with Crippen LogP contribution >= 0.6 is 0 Å². The molecule has 3 aliphatic rings. The maximum absolute atomic E-state index is 14.3. The lowest BCUT2D eigenvalue weighted by atomic mass is 9.55. The van der Waals surface area contributed by atoms with Gasteiger partial charge in [-0.1, -0.05) is 101 Å². The molecule has 1 heterocycles. The molecule has 6 unspecified atom stereocenters. The fourth-order valence-corrected chi connectivity index (χ4v) is 10.6. The number of aliphatic hydroxyl groups excluding tert-OH is 2. The number of non-ortho nitro benzene ring substituents is 1. The Hall–Kier alpha value is -5.24. The molecule has 13 heteroatoms. The van der Waals surface area contributed by atoms with E-state index in [4.69, 9.17) is 28.9 Å². The van der Waals surface area contributed by atoms with Crippen LogP contribution in [0.2, 0.25) is 0 Å². The molecule has 0 aromatic heterocycles. The highest BCUT2D eigenvalue weighted by atomic mass is 16.7. The molecule has 1 amide bonds. The number of amides is 1. The number of aryl methyl sites for hydroxylation is 2. The molecule has 1 saturated carbocycles. The van der Waals surface area contributed by atoms with Crippen LogP contribution in [0.1, 0.15) is 144 Å². The molecular formula is C56H77N3O10. The van der Waals surface area contributed by atoms with Crippen molar-refractivity contribution in [3.05, 3.63) is 117 Å². The van der Waals surface area contributed by atoms with Gasteiger partial charge in [0.1, 0.15) is 29.9 Å². The van der Waals surface area contributed by atoms with Crippen molar-refractivity contribution in [3.8, 4) is 17.2 Å². The van der Waals surface area contributed by atoms with Crippen LogP contribution < -0.4 is 9.47 Å². The van der Waals surface area contributed by atoms with Gasteiger partial charge in [0, 0.05) is 50.3 Å². The normalized spacial score (nSPS) is 21.9. The molecule has 3 aromatic rings. The van der Waals surface area contributed by atoms with E-state index in [1.165, 1.54) is 62.6 Å². The van der Waals surface area contributed by atoms with Gasteiger partial charge < -0.3 is 38.9 Å². The third-order valence-electron chi connectivity index (χ3n) is 14.4. The van der Waals surface area contributed by atoms with Crippen LogP contribution in [0.4, 0.5) is 10.5 Å². The quantitative estimate of drug-likeness (QED) is 0.0296. The van der Waals surface area contributed by atoms with Crippen LogP contribution in [-0.2, 0) is 20.9 Å². The molecule has 2 aliphatic carbocycles. The Labute approximate surface area is 410 Å². The number of likely N-dealkylation sites (N-methyl/N-ethyl adjacent to an activating group) is 1. The van der Waals surface area contributed by atoms with Crippen LogP contribution in [-0.4, -0.2) is 77.1 Å². The summed E-state index contributed by atoms with van der Waals surface area (Å²) < 4.78 is 27.0. The van der Waals surface area contributed by atoms with Gasteiger partial charge in [0.25, 0.3) is 5.69 Å². The van der Waals surface area contributed by atoms with Gasteiger partial charge in [0.2, 0.25) is 5.79 Å². The van der Waals surface area contributed by atoms with Crippen molar-refractivity contribution < 1.29 is 43.7 Å². The Morgan fingerprint density at radius 3 is 2.22 bits per heavy atom. The highest BCUT2D eigenvalue weighted by Gasteiger charge is 2.65. The topological polar surface area (TPSA) is 162 Å². The number of oxime groups is 1. The number of unbranched alkanes of at least 4 members (excludes halogenated alkanes) is 11. The minimum Gasteiger partial charge on any atom is -0.459 e. The lowest BCUT2D eigenvalue weighted by Crippen LogP contribution is -2.69. The van der Waals surface area contributed by atoms with Crippen LogP contribution in [0.3, 0.4) is 0 Å². The number of ether oxygens (including phenoxy) is 4. The first kappa shape index (κ1) is 53.1. The lowest BCUT2D eigenvalue weighted by Gasteiger charge is -2.59. The highest BCUT2D eigenvalue weighted by molar-refractivity contribution is 6.03. The van der Waals surface area contributed by atoms with Crippen molar-refractivity contribution in [2.45, 2.75) is 154 Å². The zero-order valence-electron chi connectivity index (χ0n) is 41.6. The third-order valence-corrected chi connectivity index (χ3v) is 14.4. The van der Waals surface area contributed by atoms with Crippen molar-refractivity contribution in [2.24, 2.45) is 22.9 Å². The van der Waals surface area contributed by atoms with E-state index in [0.717, 1.165) is 67.4 Å². The molecule has 6 rings (SSSR count). The third kappa shape index (κ3) is 13.8. The van der Waals surface area contributed by atoms with Crippen LogP contribution in [0, 0.1) is 41.7 Å². The predicted molar refractivity (Wildman–Crippen MR) is 270 cm³/mol. The first-order valence-electron chi connectivity index (χ1n) is 25.6. The van der Waals surface area contributed by atoms with Gasteiger partial charge >= 0.3 is 6.09 Å². The zero-order chi connectivity index (χ0) is 49.2. The Morgan fingerprint density at radius 1 is 0.884 bits per heavy atom. The number of fused-ring (bicyclic) bond motifs is 2. The van der Waals surface area contributed by atoms with Gasteiger partial charge in [-0.15, -0.1) is 6.58 Å². The molecule has 2 N–H and O–H groups in total. The maximum atomic E-state index is 14.3. The number of carbonyl (C=O) groups excluding carboxylic acids is 1. The molecule has 69 heavy (non-hydrogen) atoms. The van der Waals surface area contributed by atoms with E-state index < -0.39 is 28.8 Å². The molecule has 13 nitrogen and oxygen atoms in total. The second-order valence-electron chi connectivity index (χ2n) is 19.2. The molecular weight excluding hydrogens is 875 g/mol. The van der Waals surface area contributed by atoms with E-state index in [2.05, 4.69) is 45.6 Å². The number of carbonyl (C=O) groups is 1. The number of nitro benzene ring substituents is 1. The first-order chi connectivity index (χ1) is 33.5. The van der Waals surface area contributed by atoms with Crippen LogP contribution in [0.25, 0.3) is 0 Å². The van der Waals surface area contributed by atoms with Crippen molar-refractivity contribution in [1.82, 2.24) is 4.90 Å². The number of allylic oxidation sites excluding steroid dienone is 1. The molecule has 0 spiro atoms. The van der Waals surface area contributed by atoms with Crippen molar-refractivity contribution >= 4 is 17.5 Å². The summed E-state index contributed by atoms with van der Waals surface area (Å²) in [5.41, 5.74) is 5.47. The summed E-state index contributed by atoms with van der Waals surface area (Å²) in [5, 5.41) is 36.2. The largest absolute Gasteiger partial charge is 0.459 e. The molecule has 3 aromatic carbocycles. The van der Waals surface area contributed by atoms with Gasteiger partial charge in [-0.25, -0.2) is 4.79 Å². The molecule has 376 valence electrons. The molecule has 6 atom stereocenters. The van der Waals surface area contributed by atoms with E-state index in [0.29, 0.717) is 42.2 Å². The van der Waals surface area contributed by atoms with E-state index >= 15 is 0 Å². The van der Waals surface area contributed by atoms with E-state index in [9.17, 15) is 25.1 Å². The number of nitrogens with zero attached hydrogens (tertiary/aromatic N) is 3. The monoisotopic (exact) mass is 952 g/mol. The number of hydrogen-bond donors (Lipinski definition) is 2. The fraction of sp³-hybridized carbons (Fsp3) is 0.571. The highest BCUT2D eigenvalue weighted by Crippen LogP contribution is 2.62. The summed E-state index contributed by atoms with van der Waals surface area (Å²) in [5.74, 6) is -0.0964.